The second-order valence-electron chi connectivity index (χ2n) is 4.24. The number of methoxy groups -OCH3 is 1. The van der Waals surface area contributed by atoms with Crippen molar-refractivity contribution in [2.45, 2.75) is 44.8 Å². The summed E-state index contributed by atoms with van der Waals surface area (Å²) in [6.45, 7) is 0.861. The molecule has 1 amide bonds. The Morgan fingerprint density at radius 3 is 2.59 bits per heavy atom. The van der Waals surface area contributed by atoms with Crippen molar-refractivity contribution in [3.8, 4) is 0 Å². The number of hydrogen-bond acceptors (Lipinski definition) is 5. The Morgan fingerprint density at radius 1 is 1.53 bits per heavy atom. The maximum absolute atomic E-state index is 12.3. The molecule has 1 N–H and O–H groups in total. The Kier molecular flexibility index (Phi) is 2.08. The number of carbonyl (C=O) groups is 2. The maximum Gasteiger partial charge on any atom is 0.411 e. The van der Waals surface area contributed by atoms with Gasteiger partial charge in [0.15, 0.2) is 0 Å². The van der Waals surface area contributed by atoms with E-state index in [2.05, 4.69) is 4.74 Å². The Balaban J connectivity index is 3.61. The van der Waals surface area contributed by atoms with Gasteiger partial charge in [0, 0.05) is 9.11 Å². The van der Waals surface area contributed by atoms with Crippen LogP contribution in [0.25, 0.3) is 0 Å². The molecule has 1 heterocycles. The first-order valence-electron chi connectivity index (χ1n) is 7.82. The van der Waals surface area contributed by atoms with Crippen molar-refractivity contribution in [1.82, 2.24) is 4.90 Å². The van der Waals surface area contributed by atoms with Crippen molar-refractivity contribution in [2.24, 2.45) is 0 Å². The molecule has 0 spiro atoms. The van der Waals surface area contributed by atoms with Gasteiger partial charge in [0.2, 0.25) is 0 Å². The van der Waals surface area contributed by atoms with E-state index in [1.165, 1.54) is 20.8 Å². The summed E-state index contributed by atoms with van der Waals surface area (Å²) < 4.78 is 55.8. The van der Waals surface area contributed by atoms with Gasteiger partial charge >= 0.3 is 12.1 Å². The van der Waals surface area contributed by atoms with Crippen LogP contribution in [-0.4, -0.2) is 53.4 Å². The second kappa shape index (κ2) is 4.91. The van der Waals surface area contributed by atoms with Crippen LogP contribution < -0.4 is 0 Å². The van der Waals surface area contributed by atoms with Gasteiger partial charge in [-0.05, 0) is 20.8 Å². The first-order valence-corrected chi connectivity index (χ1v) is 4.82. The van der Waals surface area contributed by atoms with E-state index in [0.29, 0.717) is 0 Å². The number of ether oxygens (including phenoxy) is 2. The van der Waals surface area contributed by atoms with Gasteiger partial charge in [0.1, 0.15) is 11.6 Å². The van der Waals surface area contributed by atoms with E-state index >= 15 is 0 Å². The van der Waals surface area contributed by atoms with Crippen molar-refractivity contribution in [3.05, 3.63) is 0 Å². The van der Waals surface area contributed by atoms with E-state index in [4.69, 9.17) is 13.0 Å². The molecule has 17 heavy (non-hydrogen) atoms. The first kappa shape index (κ1) is 7.20. The minimum atomic E-state index is -3.62. The molecule has 1 aliphatic rings. The molecule has 1 aliphatic heterocycles. The summed E-state index contributed by atoms with van der Waals surface area (Å²) in [4.78, 5) is 24.0. The molecule has 0 bridgehead atoms. The standard InChI is InChI=1S/C11H19NO5/c1-11(2,3)17-10(15)12-6-7(13)5-8(12)9(14)16-4/h7-8,13H,5-6H2,1-4H3/i5D2,6D2,7D,8D. The van der Waals surface area contributed by atoms with E-state index in [1.54, 1.807) is 0 Å². The van der Waals surface area contributed by atoms with Crippen molar-refractivity contribution in [1.29, 1.82) is 0 Å². The monoisotopic (exact) mass is 251 g/mol. The SMILES string of the molecule is [2H]C1([2H])N(C(=O)OC(C)(C)C)C([2H])(C(=O)OC)C([2H])([2H])C1([2H])O. The summed E-state index contributed by atoms with van der Waals surface area (Å²) in [5.74, 6) is -1.65. The van der Waals surface area contributed by atoms with Crippen LogP contribution in [-0.2, 0) is 14.3 Å². The highest BCUT2D eigenvalue weighted by atomic mass is 16.6. The largest absolute Gasteiger partial charge is 0.467 e. The van der Waals surface area contributed by atoms with Gasteiger partial charge in [-0.2, -0.15) is 0 Å². The number of carbonyl (C=O) groups excluding carboxylic acids is 2. The lowest BCUT2D eigenvalue weighted by Gasteiger charge is -2.27. The highest BCUT2D eigenvalue weighted by molar-refractivity contribution is 5.82. The third-order valence-corrected chi connectivity index (χ3v) is 1.63. The van der Waals surface area contributed by atoms with Gasteiger partial charge in [0.25, 0.3) is 0 Å². The predicted molar refractivity (Wildman–Crippen MR) is 59.4 cm³/mol. The number of hydrogen-bond donors (Lipinski definition) is 1. The lowest BCUT2D eigenvalue weighted by Crippen LogP contribution is -2.43. The van der Waals surface area contributed by atoms with Crippen molar-refractivity contribution in [3.63, 3.8) is 0 Å². The number of rotatable bonds is 1. The summed E-state index contributed by atoms with van der Waals surface area (Å²) in [6.07, 6.45) is -8.70. The molecule has 0 radical (unpaired) electrons. The molecular weight excluding hydrogens is 226 g/mol. The minimum Gasteiger partial charge on any atom is -0.467 e. The molecular formula is C11H19NO5. The van der Waals surface area contributed by atoms with E-state index in [0.717, 1.165) is 7.11 Å². The second-order valence-corrected chi connectivity index (χ2v) is 4.24. The van der Waals surface area contributed by atoms with Crippen LogP contribution in [0.3, 0.4) is 0 Å². The van der Waals surface area contributed by atoms with Gasteiger partial charge < -0.3 is 14.6 Å². The zero-order valence-electron chi connectivity index (χ0n) is 16.0. The summed E-state index contributed by atoms with van der Waals surface area (Å²) >= 11 is 0. The quantitative estimate of drug-likeness (QED) is 0.688. The third-order valence-electron chi connectivity index (χ3n) is 1.63. The van der Waals surface area contributed by atoms with Crippen LogP contribution in [0.1, 0.15) is 35.4 Å². The summed E-state index contributed by atoms with van der Waals surface area (Å²) in [6, 6.07) is -3.36. The molecule has 1 saturated heterocycles. The molecule has 0 aromatic carbocycles. The van der Waals surface area contributed by atoms with Crippen LogP contribution in [0.2, 0.25) is 0 Å². The highest BCUT2D eigenvalue weighted by Gasteiger charge is 2.41. The summed E-state index contributed by atoms with van der Waals surface area (Å²) in [7, 11) is 0.804. The Hall–Kier alpha value is -1.30. The highest BCUT2D eigenvalue weighted by Crippen LogP contribution is 2.22. The molecule has 2 unspecified atom stereocenters. The number of β-amino-alcohol motifs (C(OH)–C–C–N with tert-alkyl or cyclic N) is 1. The van der Waals surface area contributed by atoms with Crippen LogP contribution >= 0.6 is 0 Å². The molecule has 1 fully saturated rings. The van der Waals surface area contributed by atoms with Crippen LogP contribution in [0, 0.1) is 0 Å². The Bertz CT molecular complexity index is 531. The topological polar surface area (TPSA) is 76.1 Å². The normalized spacial score (nSPS) is 44.4. The summed E-state index contributed by atoms with van der Waals surface area (Å²) in [5, 5.41) is 9.99. The zero-order valence-corrected chi connectivity index (χ0v) is 10.0. The van der Waals surface area contributed by atoms with Crippen LogP contribution in [0.15, 0.2) is 0 Å². The molecule has 0 saturated carbocycles. The van der Waals surface area contributed by atoms with Crippen LogP contribution in [0.4, 0.5) is 4.79 Å². The molecule has 0 aromatic heterocycles. The maximum atomic E-state index is 12.3. The van der Waals surface area contributed by atoms with Gasteiger partial charge in [-0.25, -0.2) is 9.59 Å². The fourth-order valence-electron chi connectivity index (χ4n) is 1.04. The smallest absolute Gasteiger partial charge is 0.411 e. The van der Waals surface area contributed by atoms with Crippen molar-refractivity contribution < 1.29 is 32.4 Å². The molecule has 0 aliphatic carbocycles. The van der Waals surface area contributed by atoms with E-state index in [9.17, 15) is 14.7 Å². The van der Waals surface area contributed by atoms with E-state index in [1.807, 2.05) is 0 Å². The lowest BCUT2D eigenvalue weighted by molar-refractivity contribution is -0.145. The van der Waals surface area contributed by atoms with E-state index in [-0.39, 0.29) is 4.90 Å². The molecule has 0 aromatic rings. The zero-order chi connectivity index (χ0) is 18.6. The molecule has 6 heteroatoms. The van der Waals surface area contributed by atoms with Gasteiger partial charge in [-0.15, -0.1) is 0 Å². The summed E-state index contributed by atoms with van der Waals surface area (Å²) in [5.41, 5.74) is -1.15. The molecule has 98 valence electrons. The number of esters is 1. The first-order chi connectivity index (χ1) is 9.98. The fourth-order valence-corrected chi connectivity index (χ4v) is 1.04. The van der Waals surface area contributed by atoms with Crippen LogP contribution in [0.5, 0.6) is 0 Å². The van der Waals surface area contributed by atoms with Crippen molar-refractivity contribution >= 4 is 12.1 Å². The lowest BCUT2D eigenvalue weighted by atomic mass is 10.2. The Labute approximate surface area is 109 Å². The average molecular weight is 251 g/mol. The molecule has 2 atom stereocenters. The minimum absolute atomic E-state index is 0.232. The number of nitrogens with zero attached hydrogens (tertiary/aromatic N) is 1. The fraction of sp³-hybridized carbons (Fsp3) is 0.818. The number of aliphatic hydroxyl groups is 1. The third kappa shape index (κ3) is 3.59. The number of amides is 1. The average Bonchev–Trinajstić information content (AvgIpc) is 2.41. The molecule has 6 nitrogen and oxygen atoms in total. The Morgan fingerprint density at radius 2 is 2.12 bits per heavy atom. The predicted octanol–water partition coefficient (Wildman–Crippen LogP) is 0.530. The van der Waals surface area contributed by atoms with Gasteiger partial charge in [-0.1, -0.05) is 0 Å². The molecule has 1 rings (SSSR count). The van der Waals surface area contributed by atoms with Crippen molar-refractivity contribution in [2.75, 3.05) is 13.6 Å². The van der Waals surface area contributed by atoms with Gasteiger partial charge in [0.05, 0.1) is 25.2 Å². The van der Waals surface area contributed by atoms with Gasteiger partial charge in [-0.3, -0.25) is 4.90 Å². The number of likely N-dealkylation sites (tertiary alicyclic amines) is 1. The van der Waals surface area contributed by atoms with E-state index < -0.39 is 42.6 Å².